The fraction of sp³-hybridized carbons (Fsp3) is 0.286. The molecule has 188 valence electrons. The average Bonchev–Trinajstić information content (AvgIpc) is 2.97. The number of halogens is 1. The molecule has 0 radical (unpaired) electrons. The van der Waals surface area contributed by atoms with E-state index in [4.69, 9.17) is 9.47 Å². The Labute approximate surface area is 215 Å². The molecule has 6 nitrogen and oxygen atoms in total. The molecule has 8 heteroatoms. The molecule has 1 unspecified atom stereocenters. The van der Waals surface area contributed by atoms with Crippen molar-refractivity contribution in [1.82, 2.24) is 4.90 Å². The maximum atomic E-state index is 14.3. The van der Waals surface area contributed by atoms with E-state index >= 15 is 0 Å². The number of rotatable bonds is 7. The fourth-order valence-electron chi connectivity index (χ4n) is 3.96. The lowest BCUT2D eigenvalue weighted by Gasteiger charge is -2.28. The third kappa shape index (κ3) is 5.71. The fourth-order valence-corrected chi connectivity index (χ4v) is 5.30. The highest BCUT2D eigenvalue weighted by atomic mass is 32.2. The zero-order valence-corrected chi connectivity index (χ0v) is 21.5. The summed E-state index contributed by atoms with van der Waals surface area (Å²) in [5, 5.41) is -0.595. The maximum Gasteiger partial charge on any atom is 0.338 e. The molecule has 1 aliphatic heterocycles. The number of methoxy groups -OCH3 is 1. The molecule has 0 bridgehead atoms. The number of benzene rings is 3. The molecule has 0 N–H and O–H groups in total. The van der Waals surface area contributed by atoms with E-state index in [2.05, 4.69) is 0 Å². The number of amides is 1. The van der Waals surface area contributed by atoms with Gasteiger partial charge >= 0.3 is 5.97 Å². The number of fused-ring (bicyclic) bond motifs is 1. The first-order valence-corrected chi connectivity index (χ1v) is 12.5. The maximum absolute atomic E-state index is 14.3. The number of carbonyl (C=O) groups excluding carboxylic acids is 2. The minimum absolute atomic E-state index is 0.351. The smallest absolute Gasteiger partial charge is 0.338 e. The van der Waals surface area contributed by atoms with Crippen molar-refractivity contribution in [2.45, 2.75) is 23.2 Å². The van der Waals surface area contributed by atoms with Gasteiger partial charge in [0.2, 0.25) is 0 Å². The molecule has 0 fully saturated rings. The van der Waals surface area contributed by atoms with Gasteiger partial charge in [0.1, 0.15) is 11.6 Å². The van der Waals surface area contributed by atoms with Gasteiger partial charge in [0.25, 0.3) is 5.91 Å². The lowest BCUT2D eigenvalue weighted by molar-refractivity contribution is -0.127. The van der Waals surface area contributed by atoms with E-state index in [9.17, 15) is 14.0 Å². The summed E-state index contributed by atoms with van der Waals surface area (Å²) in [6.45, 7) is 2.87. The third-order valence-corrected chi connectivity index (χ3v) is 7.34. The van der Waals surface area contributed by atoms with Crippen LogP contribution in [-0.2, 0) is 9.53 Å². The van der Waals surface area contributed by atoms with Crippen molar-refractivity contribution in [3.05, 3.63) is 89.2 Å². The Bertz CT molecular complexity index is 1230. The Balaban J connectivity index is 1.78. The number of thioether (sulfide) groups is 1. The molecule has 0 saturated heterocycles. The first kappa shape index (κ1) is 25.7. The molecular weight excluding hydrogens is 479 g/mol. The number of carbonyl (C=O) groups is 2. The van der Waals surface area contributed by atoms with Crippen LogP contribution < -0.4 is 9.64 Å². The molecule has 36 heavy (non-hydrogen) atoms. The van der Waals surface area contributed by atoms with E-state index in [1.54, 1.807) is 42.3 Å². The van der Waals surface area contributed by atoms with Crippen molar-refractivity contribution in [1.29, 1.82) is 0 Å². The Kier molecular flexibility index (Phi) is 7.96. The van der Waals surface area contributed by atoms with E-state index < -0.39 is 23.1 Å². The zero-order valence-electron chi connectivity index (χ0n) is 20.7. The van der Waals surface area contributed by atoms with Crippen molar-refractivity contribution in [3.8, 4) is 5.75 Å². The third-order valence-electron chi connectivity index (χ3n) is 5.99. The standard InChI is InChI=1S/C28H29FN2O4S/c1-18-5-7-20(8-6-18)28(33)35-25-26(19-9-12-22(34-4)13-10-19)36-24-17-21(29)11-14-23(24)31(27(25)32)16-15-30(2)3/h5-14,17,25-26H,15-16H2,1-4H3/t25?,26-/m0/s1. The molecule has 0 aliphatic carbocycles. The highest BCUT2D eigenvalue weighted by Gasteiger charge is 2.41. The number of hydrogen-bond acceptors (Lipinski definition) is 6. The molecule has 2 atom stereocenters. The molecule has 1 heterocycles. The summed E-state index contributed by atoms with van der Waals surface area (Å²) in [6, 6.07) is 18.7. The molecular formula is C28H29FN2O4S. The lowest BCUT2D eigenvalue weighted by atomic mass is 10.0. The van der Waals surface area contributed by atoms with Crippen LogP contribution in [0.3, 0.4) is 0 Å². The van der Waals surface area contributed by atoms with E-state index in [1.165, 1.54) is 23.9 Å². The average molecular weight is 509 g/mol. The van der Waals surface area contributed by atoms with Crippen LogP contribution in [0, 0.1) is 12.7 Å². The minimum atomic E-state index is -1.13. The van der Waals surface area contributed by atoms with Crippen LogP contribution in [0.4, 0.5) is 10.1 Å². The number of hydrogen-bond donors (Lipinski definition) is 0. The Morgan fingerprint density at radius 1 is 1.06 bits per heavy atom. The molecule has 3 aromatic rings. The monoisotopic (exact) mass is 508 g/mol. The number of esters is 1. The Morgan fingerprint density at radius 2 is 1.75 bits per heavy atom. The largest absolute Gasteiger partial charge is 0.497 e. The summed E-state index contributed by atoms with van der Waals surface area (Å²) in [6.07, 6.45) is -1.13. The molecule has 0 saturated carbocycles. The SMILES string of the molecule is COc1ccc([C@@H]2Sc3cc(F)ccc3N(CCN(C)C)C(=O)C2OC(=O)c2ccc(C)cc2)cc1. The predicted octanol–water partition coefficient (Wildman–Crippen LogP) is 5.11. The Morgan fingerprint density at radius 3 is 2.39 bits per heavy atom. The number of likely N-dealkylation sites (N-methyl/N-ethyl adjacent to an activating group) is 1. The second-order valence-electron chi connectivity index (χ2n) is 8.91. The van der Waals surface area contributed by atoms with Gasteiger partial charge in [-0.25, -0.2) is 9.18 Å². The van der Waals surface area contributed by atoms with Gasteiger partial charge in [-0.3, -0.25) is 4.79 Å². The predicted molar refractivity (Wildman–Crippen MR) is 139 cm³/mol. The number of ether oxygens (including phenoxy) is 2. The van der Waals surface area contributed by atoms with Gasteiger partial charge in [0.15, 0.2) is 6.10 Å². The molecule has 0 aromatic heterocycles. The van der Waals surface area contributed by atoms with Crippen molar-refractivity contribution in [2.24, 2.45) is 0 Å². The normalized spacial score (nSPS) is 17.5. The van der Waals surface area contributed by atoms with E-state index in [0.717, 1.165) is 11.1 Å². The number of nitrogens with zero attached hydrogens (tertiary/aromatic N) is 2. The second-order valence-corrected chi connectivity index (χ2v) is 10.1. The zero-order chi connectivity index (χ0) is 25.8. The first-order chi connectivity index (χ1) is 17.3. The molecule has 1 amide bonds. The molecule has 3 aromatic carbocycles. The first-order valence-electron chi connectivity index (χ1n) is 11.6. The Hall–Kier alpha value is -3.36. The summed E-state index contributed by atoms with van der Waals surface area (Å²) < 4.78 is 25.6. The van der Waals surface area contributed by atoms with E-state index in [1.807, 2.05) is 50.2 Å². The highest BCUT2D eigenvalue weighted by Crippen LogP contribution is 2.47. The number of aryl methyl sites for hydroxylation is 1. The van der Waals surface area contributed by atoms with Gasteiger partial charge in [-0.15, -0.1) is 11.8 Å². The summed E-state index contributed by atoms with van der Waals surface area (Å²) in [4.78, 5) is 31.4. The van der Waals surface area contributed by atoms with Crippen molar-refractivity contribution >= 4 is 29.3 Å². The van der Waals surface area contributed by atoms with Gasteiger partial charge in [-0.1, -0.05) is 29.8 Å². The topological polar surface area (TPSA) is 59.1 Å². The quantitative estimate of drug-likeness (QED) is 0.414. The second kappa shape index (κ2) is 11.1. The van der Waals surface area contributed by atoms with E-state index in [-0.39, 0.29) is 5.91 Å². The van der Waals surface area contributed by atoms with Gasteiger partial charge in [0.05, 0.1) is 23.6 Å². The highest BCUT2D eigenvalue weighted by molar-refractivity contribution is 7.99. The van der Waals surface area contributed by atoms with E-state index in [0.29, 0.717) is 35.0 Å². The van der Waals surface area contributed by atoms with Crippen LogP contribution in [0.25, 0.3) is 0 Å². The summed E-state index contributed by atoms with van der Waals surface area (Å²) in [7, 11) is 5.40. The van der Waals surface area contributed by atoms with Crippen LogP contribution in [0.2, 0.25) is 0 Å². The van der Waals surface area contributed by atoms with Gasteiger partial charge in [-0.2, -0.15) is 0 Å². The lowest BCUT2D eigenvalue weighted by Crippen LogP contribution is -2.45. The van der Waals surface area contributed by atoms with Crippen molar-refractivity contribution < 1.29 is 23.5 Å². The van der Waals surface area contributed by atoms with Crippen molar-refractivity contribution in [3.63, 3.8) is 0 Å². The summed E-state index contributed by atoms with van der Waals surface area (Å²) in [5.74, 6) is -0.672. The minimum Gasteiger partial charge on any atom is -0.497 e. The summed E-state index contributed by atoms with van der Waals surface area (Å²) in [5.41, 5.74) is 2.73. The van der Waals surface area contributed by atoms with Crippen LogP contribution in [0.15, 0.2) is 71.6 Å². The number of anilines is 1. The van der Waals surface area contributed by atoms with Gasteiger partial charge < -0.3 is 19.3 Å². The van der Waals surface area contributed by atoms with Crippen molar-refractivity contribution in [2.75, 3.05) is 39.2 Å². The van der Waals surface area contributed by atoms with Crippen LogP contribution in [0.5, 0.6) is 5.75 Å². The summed E-state index contributed by atoms with van der Waals surface area (Å²) >= 11 is 1.31. The molecule has 0 spiro atoms. The molecule has 4 rings (SSSR count). The van der Waals surface area contributed by atoms with Crippen LogP contribution in [0.1, 0.15) is 26.7 Å². The van der Waals surface area contributed by atoms with Crippen LogP contribution >= 0.6 is 11.8 Å². The molecule has 1 aliphatic rings. The van der Waals surface area contributed by atoms with Crippen LogP contribution in [-0.4, -0.2) is 57.2 Å². The van der Waals surface area contributed by atoms with Gasteiger partial charge in [-0.05, 0) is 69.0 Å². The van der Waals surface area contributed by atoms with Gasteiger partial charge in [0, 0.05) is 18.0 Å².